The standard InChI is InChI=1S/C50H95O10P/c1-3-5-7-9-11-13-15-17-19-20-21-22-23-24-25-26-28-30-32-34-36-38-40-42-50(54)60-48(46-59-61(55,56)58-44-47(52)43-51)45-57-49(53)41-39-37-35-33-31-29-27-18-16-14-12-10-8-6-4-2/h18,27,31,33,47-48,51-52H,3-17,19-26,28-30,32,34-46H2,1-2H3,(H,55,56)/b27-18+,33-31+/t47-,48+/m0/s1. The molecule has 0 amide bonds. The van der Waals surface area contributed by atoms with Crippen LogP contribution in [0.15, 0.2) is 24.3 Å². The first kappa shape index (κ1) is 59.5. The highest BCUT2D eigenvalue weighted by Gasteiger charge is 2.27. The maximum atomic E-state index is 12.7. The van der Waals surface area contributed by atoms with Crippen molar-refractivity contribution in [2.45, 2.75) is 257 Å². The average molecular weight is 887 g/mol. The van der Waals surface area contributed by atoms with Crippen LogP contribution in [0.4, 0.5) is 0 Å². The van der Waals surface area contributed by atoms with Gasteiger partial charge in [0.05, 0.1) is 19.8 Å². The molecular weight excluding hydrogens is 792 g/mol. The van der Waals surface area contributed by atoms with Gasteiger partial charge in [-0.15, -0.1) is 0 Å². The number of unbranched alkanes of at least 4 members (excludes halogenated alkanes) is 30. The van der Waals surface area contributed by atoms with Gasteiger partial charge in [-0.25, -0.2) is 4.57 Å². The van der Waals surface area contributed by atoms with E-state index in [1.807, 2.05) is 0 Å². The van der Waals surface area contributed by atoms with Crippen LogP contribution in [0.2, 0.25) is 0 Å². The first-order valence-electron chi connectivity index (χ1n) is 25.3. The van der Waals surface area contributed by atoms with Gasteiger partial charge in [0.2, 0.25) is 0 Å². The number of rotatable bonds is 48. The number of hydrogen-bond donors (Lipinski definition) is 3. The predicted molar refractivity (Wildman–Crippen MR) is 252 cm³/mol. The molecule has 0 saturated heterocycles. The number of aliphatic hydroxyl groups is 2. The van der Waals surface area contributed by atoms with Gasteiger partial charge >= 0.3 is 19.8 Å². The average Bonchev–Trinajstić information content (AvgIpc) is 3.25. The Morgan fingerprint density at radius 1 is 0.492 bits per heavy atom. The Kier molecular flexibility index (Phi) is 45.3. The summed E-state index contributed by atoms with van der Waals surface area (Å²) in [7, 11) is -4.62. The Morgan fingerprint density at radius 2 is 0.852 bits per heavy atom. The minimum atomic E-state index is -4.62. The maximum Gasteiger partial charge on any atom is 0.472 e. The van der Waals surface area contributed by atoms with Gasteiger partial charge in [-0.3, -0.25) is 18.6 Å². The molecule has 0 aromatic rings. The normalized spacial score (nSPS) is 13.9. The number of carbonyl (C=O) groups is 2. The number of allylic oxidation sites excluding steroid dienone is 4. The minimum Gasteiger partial charge on any atom is -0.462 e. The summed E-state index contributed by atoms with van der Waals surface area (Å²) in [4.78, 5) is 35.1. The summed E-state index contributed by atoms with van der Waals surface area (Å²) >= 11 is 0. The number of phosphoric acid groups is 1. The van der Waals surface area contributed by atoms with Gasteiger partial charge < -0.3 is 24.6 Å². The van der Waals surface area contributed by atoms with Crippen LogP contribution in [0.5, 0.6) is 0 Å². The van der Waals surface area contributed by atoms with Crippen LogP contribution in [-0.4, -0.2) is 65.7 Å². The van der Waals surface area contributed by atoms with Crippen molar-refractivity contribution in [3.63, 3.8) is 0 Å². The molecule has 0 aromatic heterocycles. The van der Waals surface area contributed by atoms with Gasteiger partial charge in [0.15, 0.2) is 6.10 Å². The Hall–Kier alpha value is -1.55. The highest BCUT2D eigenvalue weighted by molar-refractivity contribution is 7.47. The molecule has 3 N–H and O–H groups in total. The van der Waals surface area contributed by atoms with Crippen molar-refractivity contribution in [3.8, 4) is 0 Å². The molecule has 0 spiro atoms. The smallest absolute Gasteiger partial charge is 0.462 e. The quantitative estimate of drug-likeness (QED) is 0.0233. The van der Waals surface area contributed by atoms with Crippen molar-refractivity contribution >= 4 is 19.8 Å². The topological polar surface area (TPSA) is 149 Å². The Labute approximate surface area is 374 Å². The lowest BCUT2D eigenvalue weighted by Gasteiger charge is -2.20. The van der Waals surface area contributed by atoms with E-state index in [0.717, 1.165) is 44.9 Å². The molecule has 10 nitrogen and oxygen atoms in total. The minimum absolute atomic E-state index is 0.183. The van der Waals surface area contributed by atoms with Crippen LogP contribution in [0, 0.1) is 0 Å². The van der Waals surface area contributed by atoms with Crippen molar-refractivity contribution in [1.82, 2.24) is 0 Å². The number of carbonyl (C=O) groups excluding carboxylic acids is 2. The molecule has 0 aliphatic rings. The Morgan fingerprint density at radius 3 is 1.30 bits per heavy atom. The summed E-state index contributed by atoms with van der Waals surface area (Å²) < 4.78 is 32.8. The molecule has 11 heteroatoms. The lowest BCUT2D eigenvalue weighted by atomic mass is 10.0. The molecule has 1 unspecified atom stereocenters. The van der Waals surface area contributed by atoms with Gasteiger partial charge in [-0.05, 0) is 44.9 Å². The predicted octanol–water partition coefficient (Wildman–Crippen LogP) is 14.1. The molecule has 0 aliphatic heterocycles. The van der Waals surface area contributed by atoms with E-state index < -0.39 is 51.8 Å². The highest BCUT2D eigenvalue weighted by Crippen LogP contribution is 2.43. The van der Waals surface area contributed by atoms with Gasteiger partial charge in [0.1, 0.15) is 12.7 Å². The molecule has 3 atom stereocenters. The molecule has 0 heterocycles. The SMILES string of the molecule is CCCCCCCC/C=C/C/C=C/CCCCC(=O)OC[C@H](COP(=O)(O)OC[C@@H](O)CO)OC(=O)CCCCCCCCCCCCCCCCCCCCCCCCC. The van der Waals surface area contributed by atoms with Gasteiger partial charge in [-0.2, -0.15) is 0 Å². The summed E-state index contributed by atoms with van der Waals surface area (Å²) in [5.41, 5.74) is 0. The van der Waals surface area contributed by atoms with E-state index in [0.29, 0.717) is 12.8 Å². The van der Waals surface area contributed by atoms with Crippen LogP contribution >= 0.6 is 7.82 Å². The van der Waals surface area contributed by atoms with E-state index in [4.69, 9.17) is 23.6 Å². The number of esters is 2. The zero-order valence-corrected chi connectivity index (χ0v) is 40.3. The van der Waals surface area contributed by atoms with Crippen molar-refractivity contribution in [2.24, 2.45) is 0 Å². The van der Waals surface area contributed by atoms with Crippen molar-refractivity contribution in [1.29, 1.82) is 0 Å². The maximum absolute atomic E-state index is 12.7. The van der Waals surface area contributed by atoms with E-state index >= 15 is 0 Å². The summed E-state index contributed by atoms with van der Waals surface area (Å²) in [6, 6.07) is 0. The first-order valence-corrected chi connectivity index (χ1v) is 26.8. The lowest BCUT2D eigenvalue weighted by molar-refractivity contribution is -0.161. The third kappa shape index (κ3) is 46.3. The first-order chi connectivity index (χ1) is 29.7. The van der Waals surface area contributed by atoms with E-state index in [1.165, 1.54) is 161 Å². The highest BCUT2D eigenvalue weighted by atomic mass is 31.2. The molecule has 0 aliphatic carbocycles. The van der Waals surface area contributed by atoms with Gasteiger partial charge in [0, 0.05) is 12.8 Å². The van der Waals surface area contributed by atoms with Crippen LogP contribution in [0.1, 0.15) is 245 Å². The largest absolute Gasteiger partial charge is 0.472 e. The zero-order valence-electron chi connectivity index (χ0n) is 39.4. The van der Waals surface area contributed by atoms with Crippen LogP contribution in [-0.2, 0) is 32.7 Å². The molecule has 0 bridgehead atoms. The van der Waals surface area contributed by atoms with E-state index in [1.54, 1.807) is 0 Å². The van der Waals surface area contributed by atoms with Crippen LogP contribution < -0.4 is 0 Å². The number of hydrogen-bond acceptors (Lipinski definition) is 9. The fourth-order valence-corrected chi connectivity index (χ4v) is 7.99. The fraction of sp³-hybridized carbons (Fsp3) is 0.880. The fourth-order valence-electron chi connectivity index (χ4n) is 7.20. The van der Waals surface area contributed by atoms with E-state index in [-0.39, 0.29) is 19.4 Å². The van der Waals surface area contributed by atoms with E-state index in [9.17, 15) is 24.2 Å². The van der Waals surface area contributed by atoms with Crippen molar-refractivity contribution in [3.05, 3.63) is 24.3 Å². The Bertz CT molecular complexity index is 1070. The lowest BCUT2D eigenvalue weighted by Crippen LogP contribution is -2.29. The summed E-state index contributed by atoms with van der Waals surface area (Å²) in [5.74, 6) is -0.950. The molecule has 0 fully saturated rings. The molecule has 0 saturated carbocycles. The van der Waals surface area contributed by atoms with Crippen molar-refractivity contribution in [2.75, 3.05) is 26.4 Å². The summed E-state index contributed by atoms with van der Waals surface area (Å²) in [6.07, 6.45) is 48.7. The molecular formula is C50H95O10P. The second-order valence-electron chi connectivity index (χ2n) is 17.2. The number of phosphoric ester groups is 1. The van der Waals surface area contributed by atoms with Gasteiger partial charge in [0.25, 0.3) is 0 Å². The Balaban J connectivity index is 4.16. The zero-order chi connectivity index (χ0) is 44.8. The monoisotopic (exact) mass is 887 g/mol. The molecule has 0 rings (SSSR count). The second kappa shape index (κ2) is 46.4. The molecule has 0 radical (unpaired) electrons. The third-order valence-electron chi connectivity index (χ3n) is 11.1. The van der Waals surface area contributed by atoms with Crippen LogP contribution in [0.3, 0.4) is 0 Å². The molecule has 61 heavy (non-hydrogen) atoms. The molecule has 360 valence electrons. The number of aliphatic hydroxyl groups excluding tert-OH is 2. The number of ether oxygens (including phenoxy) is 2. The summed E-state index contributed by atoms with van der Waals surface area (Å²) in [6.45, 7) is 2.38. The summed E-state index contributed by atoms with van der Waals surface area (Å²) in [5, 5.41) is 18.4. The third-order valence-corrected chi connectivity index (χ3v) is 12.1. The van der Waals surface area contributed by atoms with Gasteiger partial charge in [-0.1, -0.05) is 212 Å². The molecule has 0 aromatic carbocycles. The second-order valence-corrected chi connectivity index (χ2v) is 18.7. The van der Waals surface area contributed by atoms with E-state index in [2.05, 4.69) is 38.2 Å². The van der Waals surface area contributed by atoms with Crippen LogP contribution in [0.25, 0.3) is 0 Å². The van der Waals surface area contributed by atoms with Crippen molar-refractivity contribution < 1.29 is 47.8 Å².